The number of rotatable bonds is 5. The van der Waals surface area contributed by atoms with Crippen LogP contribution in [0.15, 0.2) is 24.3 Å². The predicted molar refractivity (Wildman–Crippen MR) is 75.8 cm³/mol. The molecule has 1 saturated carbocycles. The van der Waals surface area contributed by atoms with Crippen molar-refractivity contribution in [1.82, 2.24) is 5.32 Å². The average molecular weight is 258 g/mol. The van der Waals surface area contributed by atoms with E-state index in [0.29, 0.717) is 11.5 Å². The molecule has 0 spiro atoms. The zero-order valence-corrected chi connectivity index (χ0v) is 11.8. The molecule has 1 aliphatic rings. The fourth-order valence-electron chi connectivity index (χ4n) is 2.77. The van der Waals surface area contributed by atoms with Gasteiger partial charge in [-0.05, 0) is 30.7 Å². The van der Waals surface area contributed by atoms with E-state index in [9.17, 15) is 0 Å². The van der Waals surface area contributed by atoms with Crippen LogP contribution in [0.5, 0.6) is 5.75 Å². The van der Waals surface area contributed by atoms with Crippen LogP contribution in [-0.4, -0.2) is 12.6 Å². The van der Waals surface area contributed by atoms with E-state index in [0.717, 1.165) is 17.9 Å². The Morgan fingerprint density at radius 2 is 2.21 bits per heavy atom. The van der Waals surface area contributed by atoms with Crippen LogP contribution in [0, 0.1) is 16.7 Å². The first-order chi connectivity index (χ1) is 9.11. The third-order valence-electron chi connectivity index (χ3n) is 3.81. The highest BCUT2D eigenvalue weighted by Crippen LogP contribution is 2.37. The lowest BCUT2D eigenvalue weighted by molar-refractivity contribution is 0.354. The van der Waals surface area contributed by atoms with Crippen molar-refractivity contribution in [2.75, 3.05) is 6.61 Å². The molecule has 0 radical (unpaired) electrons. The highest BCUT2D eigenvalue weighted by atomic mass is 16.5. The molecule has 1 aromatic carbocycles. The van der Waals surface area contributed by atoms with Crippen LogP contribution in [0.3, 0.4) is 0 Å². The second-order valence-electron chi connectivity index (χ2n) is 6.04. The fraction of sp³-hybridized carbons (Fsp3) is 0.562. The van der Waals surface area contributed by atoms with Crippen LogP contribution in [-0.2, 0) is 6.54 Å². The van der Waals surface area contributed by atoms with Gasteiger partial charge in [-0.1, -0.05) is 32.0 Å². The van der Waals surface area contributed by atoms with Crippen LogP contribution < -0.4 is 10.1 Å². The van der Waals surface area contributed by atoms with Crippen LogP contribution in [0.2, 0.25) is 0 Å². The van der Waals surface area contributed by atoms with Crippen molar-refractivity contribution in [1.29, 1.82) is 5.26 Å². The molecule has 0 aromatic heterocycles. The van der Waals surface area contributed by atoms with Gasteiger partial charge < -0.3 is 10.1 Å². The minimum Gasteiger partial charge on any atom is -0.478 e. The van der Waals surface area contributed by atoms with E-state index >= 15 is 0 Å². The van der Waals surface area contributed by atoms with Gasteiger partial charge in [0.2, 0.25) is 0 Å². The molecule has 0 amide bonds. The topological polar surface area (TPSA) is 45.0 Å². The van der Waals surface area contributed by atoms with Crippen molar-refractivity contribution >= 4 is 0 Å². The summed E-state index contributed by atoms with van der Waals surface area (Å²) in [6, 6.07) is 10.5. The Hall–Kier alpha value is -1.53. The van der Waals surface area contributed by atoms with Gasteiger partial charge in [0.15, 0.2) is 6.61 Å². The van der Waals surface area contributed by atoms with Crippen LogP contribution in [0.1, 0.15) is 38.7 Å². The van der Waals surface area contributed by atoms with Gasteiger partial charge in [0.25, 0.3) is 0 Å². The maximum atomic E-state index is 8.59. The second kappa shape index (κ2) is 6.08. The Morgan fingerprint density at radius 1 is 1.42 bits per heavy atom. The summed E-state index contributed by atoms with van der Waals surface area (Å²) >= 11 is 0. The van der Waals surface area contributed by atoms with Gasteiger partial charge in [0.05, 0.1) is 0 Å². The van der Waals surface area contributed by atoms with Crippen LogP contribution in [0.4, 0.5) is 0 Å². The molecule has 0 bridgehead atoms. The molecule has 1 atom stereocenters. The number of hydrogen-bond donors (Lipinski definition) is 1. The minimum absolute atomic E-state index is 0.105. The second-order valence-corrected chi connectivity index (χ2v) is 6.04. The lowest BCUT2D eigenvalue weighted by atomic mass is 9.92. The molecular weight excluding hydrogens is 236 g/mol. The molecule has 1 unspecified atom stereocenters. The zero-order valence-electron chi connectivity index (χ0n) is 11.8. The third kappa shape index (κ3) is 3.97. The predicted octanol–water partition coefficient (Wildman–Crippen LogP) is 3.26. The summed E-state index contributed by atoms with van der Waals surface area (Å²) in [6.07, 6.45) is 3.76. The molecule has 3 nitrogen and oxygen atoms in total. The molecule has 3 heteroatoms. The largest absolute Gasteiger partial charge is 0.478 e. The van der Waals surface area contributed by atoms with Crippen molar-refractivity contribution in [2.24, 2.45) is 5.41 Å². The van der Waals surface area contributed by atoms with Crippen molar-refractivity contribution in [3.05, 3.63) is 29.8 Å². The molecule has 1 aliphatic carbocycles. The molecule has 1 aromatic rings. The molecule has 0 saturated heterocycles. The van der Waals surface area contributed by atoms with E-state index in [1.54, 1.807) is 0 Å². The smallest absolute Gasteiger partial charge is 0.174 e. The number of nitrogens with zero attached hydrogens (tertiary/aromatic N) is 1. The quantitative estimate of drug-likeness (QED) is 0.881. The summed E-state index contributed by atoms with van der Waals surface area (Å²) in [4.78, 5) is 0. The molecular formula is C16H22N2O. The van der Waals surface area contributed by atoms with E-state index < -0.39 is 0 Å². The lowest BCUT2D eigenvalue weighted by Gasteiger charge is -2.18. The average Bonchev–Trinajstić information content (AvgIpc) is 2.74. The summed E-state index contributed by atoms with van der Waals surface area (Å²) < 4.78 is 5.44. The van der Waals surface area contributed by atoms with E-state index in [4.69, 9.17) is 10.00 Å². The van der Waals surface area contributed by atoms with Gasteiger partial charge in [-0.15, -0.1) is 0 Å². The van der Waals surface area contributed by atoms with E-state index in [2.05, 4.69) is 25.2 Å². The van der Waals surface area contributed by atoms with Crippen molar-refractivity contribution in [3.8, 4) is 11.8 Å². The van der Waals surface area contributed by atoms with Gasteiger partial charge in [0.1, 0.15) is 11.8 Å². The third-order valence-corrected chi connectivity index (χ3v) is 3.81. The Labute approximate surface area is 115 Å². The highest BCUT2D eigenvalue weighted by Gasteiger charge is 2.30. The SMILES string of the molecule is CC1(C)CCC(NCc2ccccc2OCC#N)C1. The first-order valence-electron chi connectivity index (χ1n) is 6.92. The molecule has 0 aliphatic heterocycles. The molecule has 1 N–H and O–H groups in total. The Morgan fingerprint density at radius 3 is 2.89 bits per heavy atom. The van der Waals surface area contributed by atoms with Crippen molar-refractivity contribution in [2.45, 2.75) is 45.7 Å². The molecule has 2 rings (SSSR count). The first kappa shape index (κ1) is 13.9. The number of nitrogens with one attached hydrogen (secondary N) is 1. The lowest BCUT2D eigenvalue weighted by Crippen LogP contribution is -2.27. The van der Waals surface area contributed by atoms with E-state index in [-0.39, 0.29) is 6.61 Å². The standard InChI is InChI=1S/C16H22N2O/c1-16(2)8-7-14(11-16)18-12-13-5-3-4-6-15(13)19-10-9-17/h3-6,14,18H,7-8,10-12H2,1-2H3. The van der Waals surface area contributed by atoms with E-state index in [1.165, 1.54) is 19.3 Å². The monoisotopic (exact) mass is 258 g/mol. The Kier molecular flexibility index (Phi) is 4.44. The first-order valence-corrected chi connectivity index (χ1v) is 6.92. The van der Waals surface area contributed by atoms with Crippen LogP contribution >= 0.6 is 0 Å². The number of ether oxygens (including phenoxy) is 1. The molecule has 19 heavy (non-hydrogen) atoms. The number of benzene rings is 1. The maximum absolute atomic E-state index is 8.59. The van der Waals surface area contributed by atoms with Gasteiger partial charge in [0, 0.05) is 18.2 Å². The van der Waals surface area contributed by atoms with Gasteiger partial charge >= 0.3 is 0 Å². The summed E-state index contributed by atoms with van der Waals surface area (Å²) in [7, 11) is 0. The van der Waals surface area contributed by atoms with Gasteiger partial charge in [-0.25, -0.2) is 0 Å². The minimum atomic E-state index is 0.105. The Balaban J connectivity index is 1.91. The van der Waals surface area contributed by atoms with E-state index in [1.807, 2.05) is 24.3 Å². The maximum Gasteiger partial charge on any atom is 0.174 e. The fourth-order valence-corrected chi connectivity index (χ4v) is 2.77. The van der Waals surface area contributed by atoms with Crippen molar-refractivity contribution in [3.63, 3.8) is 0 Å². The summed E-state index contributed by atoms with van der Waals surface area (Å²) in [5, 5.41) is 12.2. The zero-order chi connectivity index (χ0) is 13.7. The summed E-state index contributed by atoms with van der Waals surface area (Å²) in [5.74, 6) is 0.814. The molecule has 0 heterocycles. The molecule has 1 fully saturated rings. The normalized spacial score (nSPS) is 21.0. The van der Waals surface area contributed by atoms with Crippen LogP contribution in [0.25, 0.3) is 0 Å². The number of hydrogen-bond acceptors (Lipinski definition) is 3. The summed E-state index contributed by atoms with van der Waals surface area (Å²) in [5.41, 5.74) is 1.59. The van der Waals surface area contributed by atoms with Gasteiger partial charge in [-0.2, -0.15) is 5.26 Å². The molecule has 102 valence electrons. The summed E-state index contributed by atoms with van der Waals surface area (Å²) in [6.45, 7) is 5.58. The Bertz CT molecular complexity index is 462. The number of para-hydroxylation sites is 1. The highest BCUT2D eigenvalue weighted by molar-refractivity contribution is 5.33. The van der Waals surface area contributed by atoms with Gasteiger partial charge in [-0.3, -0.25) is 0 Å². The van der Waals surface area contributed by atoms with Crippen molar-refractivity contribution < 1.29 is 4.74 Å². The number of nitriles is 1.